The average Bonchev–Trinajstić information content (AvgIpc) is 2.76. The Hall–Kier alpha value is -2.80. The second-order valence-corrected chi connectivity index (χ2v) is 8.28. The molecule has 1 aliphatic heterocycles. The van der Waals surface area contributed by atoms with Gasteiger partial charge in [-0.3, -0.25) is 4.79 Å². The number of nitrogens with one attached hydrogen (secondary N) is 1. The van der Waals surface area contributed by atoms with Crippen LogP contribution in [0.15, 0.2) is 48.5 Å². The highest BCUT2D eigenvalue weighted by Gasteiger charge is 2.22. The number of benzene rings is 2. The molecule has 1 N–H and O–H groups in total. The summed E-state index contributed by atoms with van der Waals surface area (Å²) < 4.78 is 0. The summed E-state index contributed by atoms with van der Waals surface area (Å²) in [5.41, 5.74) is 4.58. The number of carbonyl (C=O) groups is 1. The highest BCUT2D eigenvalue weighted by atomic mass is 16.1. The van der Waals surface area contributed by atoms with E-state index in [-0.39, 0.29) is 18.4 Å². The van der Waals surface area contributed by atoms with E-state index in [4.69, 9.17) is 5.26 Å². The van der Waals surface area contributed by atoms with Crippen LogP contribution in [-0.2, 0) is 4.79 Å². The minimum Gasteiger partial charge on any atom is -0.372 e. The molecule has 1 fully saturated rings. The molecule has 0 radical (unpaired) electrons. The van der Waals surface area contributed by atoms with Gasteiger partial charge in [-0.15, -0.1) is 0 Å². The van der Waals surface area contributed by atoms with Crippen molar-refractivity contribution in [2.45, 2.75) is 45.4 Å². The Kier molecular flexibility index (Phi) is 7.30. The van der Waals surface area contributed by atoms with E-state index in [9.17, 15) is 4.79 Å². The number of hydrogen-bond donors (Lipinski definition) is 1. The summed E-state index contributed by atoms with van der Waals surface area (Å²) in [5, 5.41) is 11.5. The van der Waals surface area contributed by atoms with E-state index >= 15 is 0 Å². The maximum absolute atomic E-state index is 12.6. The lowest BCUT2D eigenvalue weighted by molar-refractivity contribution is -0.122. The summed E-state index contributed by atoms with van der Waals surface area (Å²) in [7, 11) is 0. The third-order valence-electron chi connectivity index (χ3n) is 5.58. The van der Waals surface area contributed by atoms with Crippen molar-refractivity contribution in [3.63, 3.8) is 0 Å². The minimum atomic E-state index is -0.240. The van der Waals surface area contributed by atoms with Gasteiger partial charge in [-0.25, -0.2) is 0 Å². The van der Waals surface area contributed by atoms with E-state index in [1.165, 1.54) is 24.9 Å². The van der Waals surface area contributed by atoms with Crippen LogP contribution in [0.5, 0.6) is 0 Å². The van der Waals surface area contributed by atoms with E-state index in [1.54, 1.807) is 0 Å². The smallest absolute Gasteiger partial charge is 0.228 e. The van der Waals surface area contributed by atoms with Crippen molar-refractivity contribution in [1.29, 1.82) is 5.26 Å². The molecule has 1 aliphatic rings. The van der Waals surface area contributed by atoms with Crippen LogP contribution in [0.1, 0.15) is 51.0 Å². The zero-order valence-corrected chi connectivity index (χ0v) is 17.5. The molecule has 0 spiro atoms. The average molecular weight is 390 g/mol. The molecule has 0 aromatic heterocycles. The lowest BCUT2D eigenvalue weighted by Gasteiger charge is -2.28. The van der Waals surface area contributed by atoms with E-state index in [1.807, 2.05) is 18.2 Å². The molecule has 4 nitrogen and oxygen atoms in total. The number of hydrogen-bond acceptors (Lipinski definition) is 3. The Morgan fingerprint density at radius 2 is 1.79 bits per heavy atom. The normalized spacial score (nSPS) is 15.0. The van der Waals surface area contributed by atoms with Gasteiger partial charge in [0.05, 0.1) is 12.0 Å². The highest BCUT2D eigenvalue weighted by molar-refractivity contribution is 5.84. The fourth-order valence-electron chi connectivity index (χ4n) is 4.07. The summed E-state index contributed by atoms with van der Waals surface area (Å²) in [6, 6.07) is 19.0. The zero-order chi connectivity index (χ0) is 20.6. The fraction of sp³-hybridized carbons (Fsp3) is 0.440. The van der Waals surface area contributed by atoms with Crippen LogP contribution < -0.4 is 10.2 Å². The molecule has 152 valence electrons. The first-order chi connectivity index (χ1) is 14.1. The Bertz CT molecular complexity index is 845. The third-order valence-corrected chi connectivity index (χ3v) is 5.58. The van der Waals surface area contributed by atoms with Crippen LogP contribution in [0.25, 0.3) is 11.1 Å². The predicted molar refractivity (Wildman–Crippen MR) is 119 cm³/mol. The molecule has 0 aliphatic carbocycles. The monoisotopic (exact) mass is 389 g/mol. The van der Waals surface area contributed by atoms with Crippen LogP contribution in [0, 0.1) is 17.2 Å². The first-order valence-electron chi connectivity index (χ1n) is 10.7. The number of rotatable bonds is 7. The Morgan fingerprint density at radius 1 is 1.07 bits per heavy atom. The van der Waals surface area contributed by atoms with Gasteiger partial charge in [-0.05, 0) is 60.4 Å². The van der Waals surface area contributed by atoms with Gasteiger partial charge < -0.3 is 10.2 Å². The Labute approximate surface area is 174 Å². The molecule has 2 aromatic rings. The van der Waals surface area contributed by atoms with Crippen molar-refractivity contribution in [2.75, 3.05) is 24.5 Å². The molecule has 1 saturated heterocycles. The van der Waals surface area contributed by atoms with E-state index in [0.29, 0.717) is 5.92 Å². The SMILES string of the molecule is CC(C)CC(C(=O)NCC#N)c1cccc(-c2ccc(N3CCCCC3)cc2)c1. The largest absolute Gasteiger partial charge is 0.372 e. The Morgan fingerprint density at radius 3 is 2.45 bits per heavy atom. The first-order valence-corrected chi connectivity index (χ1v) is 10.7. The second kappa shape index (κ2) is 10.1. The zero-order valence-electron chi connectivity index (χ0n) is 17.5. The van der Waals surface area contributed by atoms with Crippen molar-refractivity contribution in [3.05, 3.63) is 54.1 Å². The summed E-state index contributed by atoms with van der Waals surface area (Å²) in [5.74, 6) is 0.0779. The molecule has 4 heteroatoms. The van der Waals surface area contributed by atoms with Crippen LogP contribution in [0.2, 0.25) is 0 Å². The Balaban J connectivity index is 1.81. The van der Waals surface area contributed by atoms with Gasteiger partial charge in [0.2, 0.25) is 5.91 Å². The second-order valence-electron chi connectivity index (χ2n) is 8.28. The molecule has 0 saturated carbocycles. The quantitative estimate of drug-likeness (QED) is 0.669. The van der Waals surface area contributed by atoms with Crippen molar-refractivity contribution >= 4 is 11.6 Å². The maximum atomic E-state index is 12.6. The number of piperidine rings is 1. The van der Waals surface area contributed by atoms with Gasteiger partial charge in [-0.2, -0.15) is 5.26 Å². The fourth-order valence-corrected chi connectivity index (χ4v) is 4.07. The van der Waals surface area contributed by atoms with Gasteiger partial charge in [0.1, 0.15) is 6.54 Å². The molecule has 3 rings (SSSR count). The molecule has 1 unspecified atom stereocenters. The predicted octanol–water partition coefficient (Wildman–Crippen LogP) is 5.11. The summed E-state index contributed by atoms with van der Waals surface area (Å²) in [6.45, 7) is 6.57. The lowest BCUT2D eigenvalue weighted by atomic mass is 9.88. The standard InChI is InChI=1S/C25H31N3O/c1-19(2)17-24(25(29)27-14-13-26)22-8-6-7-21(18-22)20-9-11-23(12-10-20)28-15-4-3-5-16-28/h6-12,18-19,24H,3-5,14-17H2,1-2H3,(H,27,29). The number of nitrogens with zero attached hydrogens (tertiary/aromatic N) is 2. The minimum absolute atomic E-state index is 0.0467. The number of nitriles is 1. The highest BCUT2D eigenvalue weighted by Crippen LogP contribution is 2.30. The molecular weight excluding hydrogens is 358 g/mol. The van der Waals surface area contributed by atoms with Gasteiger partial charge in [0, 0.05) is 18.8 Å². The molecule has 2 aromatic carbocycles. The van der Waals surface area contributed by atoms with Crippen LogP contribution in [-0.4, -0.2) is 25.5 Å². The number of carbonyl (C=O) groups excluding carboxylic acids is 1. The molecule has 1 amide bonds. The van der Waals surface area contributed by atoms with Crippen LogP contribution in [0.3, 0.4) is 0 Å². The number of amides is 1. The molecule has 0 bridgehead atoms. The lowest BCUT2D eigenvalue weighted by Crippen LogP contribution is -2.30. The third kappa shape index (κ3) is 5.60. The van der Waals surface area contributed by atoms with Crippen LogP contribution in [0.4, 0.5) is 5.69 Å². The molecule has 1 heterocycles. The van der Waals surface area contributed by atoms with Crippen molar-refractivity contribution < 1.29 is 4.79 Å². The molecule has 29 heavy (non-hydrogen) atoms. The van der Waals surface area contributed by atoms with E-state index in [2.05, 4.69) is 60.5 Å². The van der Waals surface area contributed by atoms with E-state index < -0.39 is 0 Å². The van der Waals surface area contributed by atoms with Crippen molar-refractivity contribution in [1.82, 2.24) is 5.32 Å². The van der Waals surface area contributed by atoms with Gasteiger partial charge >= 0.3 is 0 Å². The van der Waals surface area contributed by atoms with Gasteiger partial charge in [0.25, 0.3) is 0 Å². The molecular formula is C25H31N3O. The van der Waals surface area contributed by atoms with Crippen molar-refractivity contribution in [3.8, 4) is 17.2 Å². The topological polar surface area (TPSA) is 56.1 Å². The van der Waals surface area contributed by atoms with Crippen molar-refractivity contribution in [2.24, 2.45) is 5.92 Å². The summed E-state index contributed by atoms with van der Waals surface area (Å²) >= 11 is 0. The maximum Gasteiger partial charge on any atom is 0.228 e. The van der Waals surface area contributed by atoms with E-state index in [0.717, 1.165) is 36.2 Å². The van der Waals surface area contributed by atoms with Gasteiger partial charge in [-0.1, -0.05) is 50.2 Å². The van der Waals surface area contributed by atoms with Crippen LogP contribution >= 0.6 is 0 Å². The molecule has 1 atom stereocenters. The summed E-state index contributed by atoms with van der Waals surface area (Å²) in [4.78, 5) is 15.1. The number of anilines is 1. The summed E-state index contributed by atoms with van der Waals surface area (Å²) in [6.07, 6.45) is 4.64. The first kappa shape index (κ1) is 20.9. The van der Waals surface area contributed by atoms with Gasteiger partial charge in [0.15, 0.2) is 0 Å².